The standard InChI is InChI=1S/C23H20FN3O3S/c24-18-13-11-17(12-14-18)22-25-23(30-26-22)20-9-3-4-15-27(20)31(28,29)21-10-5-7-16-6-1-2-8-19(16)21/h1-2,5-8,10-14,20H,3-4,9,15H2. The van der Waals surface area contributed by atoms with Crippen LogP contribution in [0.25, 0.3) is 22.2 Å². The third kappa shape index (κ3) is 3.62. The molecule has 8 heteroatoms. The average molecular weight is 437 g/mol. The highest BCUT2D eigenvalue weighted by Gasteiger charge is 2.38. The van der Waals surface area contributed by atoms with Crippen LogP contribution < -0.4 is 0 Å². The van der Waals surface area contributed by atoms with Crippen LogP contribution in [0.4, 0.5) is 4.39 Å². The third-order valence-corrected chi connectivity index (χ3v) is 7.59. The minimum absolute atomic E-state index is 0.253. The Morgan fingerprint density at radius 2 is 1.74 bits per heavy atom. The lowest BCUT2D eigenvalue weighted by Gasteiger charge is -2.32. The molecule has 5 rings (SSSR count). The Hall–Kier alpha value is -3.10. The maximum atomic E-state index is 13.7. The monoisotopic (exact) mass is 437 g/mol. The van der Waals surface area contributed by atoms with Gasteiger partial charge in [0.25, 0.3) is 0 Å². The molecule has 158 valence electrons. The number of fused-ring (bicyclic) bond motifs is 1. The molecule has 0 radical (unpaired) electrons. The molecule has 0 aliphatic carbocycles. The molecule has 1 aliphatic heterocycles. The zero-order valence-electron chi connectivity index (χ0n) is 16.6. The van der Waals surface area contributed by atoms with Crippen molar-refractivity contribution in [1.29, 1.82) is 0 Å². The Bertz CT molecular complexity index is 1330. The fourth-order valence-electron chi connectivity index (χ4n) is 4.07. The topological polar surface area (TPSA) is 76.3 Å². The molecule has 1 aromatic heterocycles. The maximum Gasteiger partial charge on any atom is 0.245 e. The Labute approximate surface area is 179 Å². The van der Waals surface area contributed by atoms with Crippen LogP contribution in [0.3, 0.4) is 0 Å². The summed E-state index contributed by atoms with van der Waals surface area (Å²) in [5.74, 6) is 0.207. The lowest BCUT2D eigenvalue weighted by Crippen LogP contribution is -2.38. The van der Waals surface area contributed by atoms with Crippen molar-refractivity contribution in [2.75, 3.05) is 6.54 Å². The molecule has 1 aliphatic rings. The normalized spacial score (nSPS) is 17.8. The molecule has 0 bridgehead atoms. The van der Waals surface area contributed by atoms with Crippen LogP contribution in [-0.2, 0) is 10.0 Å². The zero-order chi connectivity index (χ0) is 21.4. The molecular formula is C23H20FN3O3S. The Balaban J connectivity index is 1.53. The number of benzene rings is 3. The maximum absolute atomic E-state index is 13.7. The van der Waals surface area contributed by atoms with Crippen LogP contribution in [0.5, 0.6) is 0 Å². The highest BCUT2D eigenvalue weighted by molar-refractivity contribution is 7.89. The summed E-state index contributed by atoms with van der Waals surface area (Å²) < 4.78 is 47.6. The SMILES string of the molecule is O=S(=O)(c1cccc2ccccc12)N1CCCCC1c1nc(-c2ccc(F)cc2)no1. The van der Waals surface area contributed by atoms with Crippen molar-refractivity contribution < 1.29 is 17.3 Å². The first-order valence-corrected chi connectivity index (χ1v) is 11.6. The first kappa shape index (κ1) is 19.8. The van der Waals surface area contributed by atoms with Crippen molar-refractivity contribution in [3.05, 3.63) is 78.4 Å². The van der Waals surface area contributed by atoms with Gasteiger partial charge in [-0.2, -0.15) is 9.29 Å². The van der Waals surface area contributed by atoms with E-state index in [4.69, 9.17) is 4.52 Å². The molecular weight excluding hydrogens is 417 g/mol. The number of nitrogens with zero attached hydrogens (tertiary/aromatic N) is 3. The van der Waals surface area contributed by atoms with E-state index in [9.17, 15) is 12.8 Å². The lowest BCUT2D eigenvalue weighted by atomic mass is 10.1. The van der Waals surface area contributed by atoms with Gasteiger partial charge in [0.05, 0.1) is 4.90 Å². The van der Waals surface area contributed by atoms with E-state index in [-0.39, 0.29) is 16.6 Å². The second-order valence-electron chi connectivity index (χ2n) is 7.57. The van der Waals surface area contributed by atoms with Gasteiger partial charge in [-0.3, -0.25) is 0 Å². The molecule has 6 nitrogen and oxygen atoms in total. The van der Waals surface area contributed by atoms with Gasteiger partial charge < -0.3 is 4.52 Å². The van der Waals surface area contributed by atoms with Gasteiger partial charge in [0.2, 0.25) is 21.7 Å². The summed E-state index contributed by atoms with van der Waals surface area (Å²) in [6.45, 7) is 0.379. The highest BCUT2D eigenvalue weighted by atomic mass is 32.2. The Morgan fingerprint density at radius 1 is 0.968 bits per heavy atom. The van der Waals surface area contributed by atoms with Gasteiger partial charge in [0.15, 0.2) is 0 Å². The van der Waals surface area contributed by atoms with E-state index in [1.54, 1.807) is 24.3 Å². The molecule has 1 atom stereocenters. The number of sulfonamides is 1. The van der Waals surface area contributed by atoms with Crippen molar-refractivity contribution in [1.82, 2.24) is 14.4 Å². The number of halogens is 1. The fraction of sp³-hybridized carbons (Fsp3) is 0.217. The molecule has 0 N–H and O–H groups in total. The quantitative estimate of drug-likeness (QED) is 0.452. The van der Waals surface area contributed by atoms with E-state index < -0.39 is 16.1 Å². The first-order valence-electron chi connectivity index (χ1n) is 10.1. The number of piperidine rings is 1. The van der Waals surface area contributed by atoms with Crippen molar-refractivity contribution in [2.24, 2.45) is 0 Å². The second kappa shape index (κ2) is 7.86. The molecule has 3 aromatic carbocycles. The number of rotatable bonds is 4. The van der Waals surface area contributed by atoms with Crippen LogP contribution >= 0.6 is 0 Å². The van der Waals surface area contributed by atoms with Crippen LogP contribution in [0.2, 0.25) is 0 Å². The molecule has 1 unspecified atom stereocenters. The van der Waals surface area contributed by atoms with Gasteiger partial charge in [0.1, 0.15) is 11.9 Å². The van der Waals surface area contributed by atoms with E-state index in [0.717, 1.165) is 18.2 Å². The van der Waals surface area contributed by atoms with Gasteiger partial charge in [-0.05, 0) is 48.6 Å². The van der Waals surface area contributed by atoms with Crippen LogP contribution in [0, 0.1) is 5.82 Å². The molecule has 1 fully saturated rings. The molecule has 0 spiro atoms. The van der Waals surface area contributed by atoms with Gasteiger partial charge in [-0.1, -0.05) is 48.0 Å². The second-order valence-corrected chi connectivity index (χ2v) is 9.43. The lowest BCUT2D eigenvalue weighted by molar-refractivity contribution is 0.205. The molecule has 1 saturated heterocycles. The largest absolute Gasteiger partial charge is 0.337 e. The summed E-state index contributed by atoms with van der Waals surface area (Å²) in [4.78, 5) is 4.72. The zero-order valence-corrected chi connectivity index (χ0v) is 17.4. The first-order chi connectivity index (χ1) is 15.0. The molecule has 2 heterocycles. The van der Waals surface area contributed by atoms with E-state index in [1.165, 1.54) is 16.4 Å². The van der Waals surface area contributed by atoms with Gasteiger partial charge in [-0.15, -0.1) is 0 Å². The number of aromatic nitrogens is 2. The molecule has 0 amide bonds. The van der Waals surface area contributed by atoms with Gasteiger partial charge in [-0.25, -0.2) is 12.8 Å². The van der Waals surface area contributed by atoms with Crippen LogP contribution in [-0.4, -0.2) is 29.4 Å². The summed E-state index contributed by atoms with van der Waals surface area (Å²) >= 11 is 0. The highest BCUT2D eigenvalue weighted by Crippen LogP contribution is 2.37. The van der Waals surface area contributed by atoms with E-state index >= 15 is 0 Å². The summed E-state index contributed by atoms with van der Waals surface area (Å²) in [6.07, 6.45) is 2.22. The van der Waals surface area contributed by atoms with Crippen LogP contribution in [0.15, 0.2) is 76.1 Å². The predicted molar refractivity (Wildman–Crippen MR) is 114 cm³/mol. The van der Waals surface area contributed by atoms with E-state index in [0.29, 0.717) is 29.7 Å². The van der Waals surface area contributed by atoms with Gasteiger partial charge in [0, 0.05) is 17.5 Å². The number of hydrogen-bond donors (Lipinski definition) is 0. The van der Waals surface area contributed by atoms with E-state index in [1.807, 2.05) is 30.3 Å². The van der Waals surface area contributed by atoms with Crippen molar-refractivity contribution in [2.45, 2.75) is 30.2 Å². The van der Waals surface area contributed by atoms with Crippen molar-refractivity contribution >= 4 is 20.8 Å². The third-order valence-electron chi connectivity index (χ3n) is 5.62. The Kier molecular flexibility index (Phi) is 5.03. The summed E-state index contributed by atoms with van der Waals surface area (Å²) in [5.41, 5.74) is 0.607. The smallest absolute Gasteiger partial charge is 0.245 e. The van der Waals surface area contributed by atoms with Crippen molar-refractivity contribution in [3.63, 3.8) is 0 Å². The minimum Gasteiger partial charge on any atom is -0.337 e. The number of hydrogen-bond acceptors (Lipinski definition) is 5. The fourth-order valence-corrected chi connectivity index (χ4v) is 5.94. The predicted octanol–water partition coefficient (Wildman–Crippen LogP) is 4.94. The molecule has 31 heavy (non-hydrogen) atoms. The molecule has 4 aromatic rings. The Morgan fingerprint density at radius 3 is 2.58 bits per heavy atom. The summed E-state index contributed by atoms with van der Waals surface area (Å²) in [7, 11) is -3.79. The summed E-state index contributed by atoms with van der Waals surface area (Å²) in [6, 6.07) is 18.0. The minimum atomic E-state index is -3.79. The molecule has 0 saturated carbocycles. The summed E-state index contributed by atoms with van der Waals surface area (Å²) in [5, 5.41) is 5.56. The van der Waals surface area contributed by atoms with E-state index in [2.05, 4.69) is 10.1 Å². The van der Waals surface area contributed by atoms with Crippen LogP contribution in [0.1, 0.15) is 31.2 Å². The van der Waals surface area contributed by atoms with Gasteiger partial charge >= 0.3 is 0 Å². The van der Waals surface area contributed by atoms with Crippen molar-refractivity contribution in [3.8, 4) is 11.4 Å². The average Bonchev–Trinajstić information content (AvgIpc) is 3.29.